The third-order valence-corrected chi connectivity index (χ3v) is 4.55. The van der Waals surface area contributed by atoms with Gasteiger partial charge in [0.2, 0.25) is 0 Å². The monoisotopic (exact) mass is 327 g/mol. The number of aryl methyl sites for hydroxylation is 1. The van der Waals surface area contributed by atoms with Crippen LogP contribution < -0.4 is 5.32 Å². The first-order valence-corrected chi connectivity index (χ1v) is 8.98. The Morgan fingerprint density at radius 1 is 1.17 bits per heavy atom. The van der Waals surface area contributed by atoms with Crippen LogP contribution in [0.5, 0.6) is 0 Å². The molecule has 0 bridgehead atoms. The van der Waals surface area contributed by atoms with E-state index in [4.69, 9.17) is 0 Å². The van der Waals surface area contributed by atoms with Crippen LogP contribution in [-0.2, 0) is 0 Å². The van der Waals surface area contributed by atoms with Gasteiger partial charge >= 0.3 is 0 Å². The lowest BCUT2D eigenvalue weighted by Gasteiger charge is -2.35. The van der Waals surface area contributed by atoms with E-state index in [1.165, 1.54) is 32.4 Å². The van der Waals surface area contributed by atoms with Crippen molar-refractivity contribution in [3.05, 3.63) is 36.2 Å². The highest BCUT2D eigenvalue weighted by Crippen LogP contribution is 2.22. The third kappa shape index (κ3) is 4.35. The molecule has 1 aliphatic rings. The van der Waals surface area contributed by atoms with E-state index in [0.29, 0.717) is 0 Å². The Hall–Kier alpha value is -1.88. The molecule has 0 aliphatic carbocycles. The van der Waals surface area contributed by atoms with E-state index in [-0.39, 0.29) is 5.41 Å². The summed E-state index contributed by atoms with van der Waals surface area (Å²) in [6.07, 6.45) is 5.87. The maximum absolute atomic E-state index is 4.58. The first-order valence-electron chi connectivity index (χ1n) is 8.98. The molecule has 0 radical (unpaired) electrons. The predicted molar refractivity (Wildman–Crippen MR) is 98.7 cm³/mol. The zero-order valence-corrected chi connectivity index (χ0v) is 15.1. The van der Waals surface area contributed by atoms with Crippen LogP contribution in [0.3, 0.4) is 0 Å². The Kier molecular flexibility index (Phi) is 5.19. The van der Waals surface area contributed by atoms with Gasteiger partial charge in [0.05, 0.1) is 5.69 Å². The minimum atomic E-state index is 0.213. The summed E-state index contributed by atoms with van der Waals surface area (Å²) in [5, 5.41) is 8.17. The quantitative estimate of drug-likeness (QED) is 0.882. The van der Waals surface area contributed by atoms with Crippen LogP contribution in [0.25, 0.3) is 5.82 Å². The molecule has 0 aromatic carbocycles. The largest absolute Gasteiger partial charge is 0.369 e. The standard InChI is InChI=1S/C19H29N5/c1-16-13-18(24(22-16)17-9-5-6-10-20-17)21-14-19(2,3)15-23-11-7-4-8-12-23/h5-6,9-10,13,21H,4,7-8,11-12,14-15H2,1-3H3. The third-order valence-electron chi connectivity index (χ3n) is 4.55. The van der Waals surface area contributed by atoms with Gasteiger partial charge in [-0.2, -0.15) is 9.78 Å². The van der Waals surface area contributed by atoms with Gasteiger partial charge in [-0.1, -0.05) is 26.3 Å². The number of pyridine rings is 1. The van der Waals surface area contributed by atoms with Crippen molar-refractivity contribution in [2.45, 2.75) is 40.0 Å². The Balaban J connectivity index is 1.65. The number of nitrogens with zero attached hydrogens (tertiary/aromatic N) is 4. The Labute approximate surface area is 145 Å². The topological polar surface area (TPSA) is 46.0 Å². The van der Waals surface area contributed by atoms with Gasteiger partial charge < -0.3 is 10.2 Å². The summed E-state index contributed by atoms with van der Waals surface area (Å²) in [6.45, 7) is 11.2. The minimum absolute atomic E-state index is 0.213. The molecule has 0 unspecified atom stereocenters. The van der Waals surface area contributed by atoms with Crippen LogP contribution in [0.4, 0.5) is 5.82 Å². The van der Waals surface area contributed by atoms with Gasteiger partial charge in [-0.15, -0.1) is 0 Å². The molecule has 1 N–H and O–H groups in total. The fraction of sp³-hybridized carbons (Fsp3) is 0.579. The number of hydrogen-bond acceptors (Lipinski definition) is 4. The molecule has 5 heteroatoms. The van der Waals surface area contributed by atoms with E-state index in [0.717, 1.165) is 30.4 Å². The van der Waals surface area contributed by atoms with E-state index in [2.05, 4.69) is 40.2 Å². The molecule has 130 valence electrons. The average Bonchev–Trinajstić information content (AvgIpc) is 2.95. The second kappa shape index (κ2) is 7.34. The molecule has 0 saturated carbocycles. The SMILES string of the molecule is Cc1cc(NCC(C)(C)CN2CCCCC2)n(-c2ccccn2)n1. The van der Waals surface area contributed by atoms with Crippen LogP contribution in [0, 0.1) is 12.3 Å². The molecule has 0 spiro atoms. The highest BCUT2D eigenvalue weighted by Gasteiger charge is 2.23. The summed E-state index contributed by atoms with van der Waals surface area (Å²) in [6, 6.07) is 7.99. The van der Waals surface area contributed by atoms with Gasteiger partial charge in [-0.25, -0.2) is 4.98 Å². The first kappa shape index (κ1) is 17.0. The number of hydrogen-bond donors (Lipinski definition) is 1. The summed E-state index contributed by atoms with van der Waals surface area (Å²) in [5.41, 5.74) is 1.21. The second-order valence-electron chi connectivity index (χ2n) is 7.63. The van der Waals surface area contributed by atoms with Crippen molar-refractivity contribution in [1.29, 1.82) is 0 Å². The van der Waals surface area contributed by atoms with Gasteiger partial charge in [-0.3, -0.25) is 0 Å². The van der Waals surface area contributed by atoms with Crippen molar-refractivity contribution in [2.75, 3.05) is 31.5 Å². The number of anilines is 1. The molecule has 24 heavy (non-hydrogen) atoms. The van der Waals surface area contributed by atoms with Gasteiger partial charge in [0, 0.05) is 25.4 Å². The van der Waals surface area contributed by atoms with E-state index >= 15 is 0 Å². The summed E-state index contributed by atoms with van der Waals surface area (Å²) in [7, 11) is 0. The van der Waals surface area contributed by atoms with Gasteiger partial charge in [0.1, 0.15) is 5.82 Å². The van der Waals surface area contributed by atoms with Crippen LogP contribution in [-0.4, -0.2) is 45.8 Å². The van der Waals surface area contributed by atoms with Gasteiger partial charge in [0.15, 0.2) is 5.82 Å². The van der Waals surface area contributed by atoms with Gasteiger partial charge in [-0.05, 0) is 50.4 Å². The molecular weight excluding hydrogens is 298 g/mol. The van der Waals surface area contributed by atoms with Crippen LogP contribution in [0.2, 0.25) is 0 Å². The zero-order chi connectivity index (χ0) is 17.0. The summed E-state index contributed by atoms with van der Waals surface area (Å²) >= 11 is 0. The molecule has 2 aromatic rings. The number of nitrogens with one attached hydrogen (secondary N) is 1. The van der Waals surface area contributed by atoms with E-state index in [1.807, 2.05) is 29.8 Å². The number of piperidine rings is 1. The average molecular weight is 327 g/mol. The van der Waals surface area contributed by atoms with Crippen molar-refractivity contribution in [3.8, 4) is 5.82 Å². The molecule has 1 saturated heterocycles. The number of rotatable bonds is 6. The first-order chi connectivity index (χ1) is 11.5. The summed E-state index contributed by atoms with van der Waals surface area (Å²) in [5.74, 6) is 1.86. The molecular formula is C19H29N5. The smallest absolute Gasteiger partial charge is 0.155 e. The van der Waals surface area contributed by atoms with Crippen molar-refractivity contribution in [2.24, 2.45) is 5.41 Å². The molecule has 3 heterocycles. The summed E-state index contributed by atoms with van der Waals surface area (Å²) in [4.78, 5) is 7.02. The Bertz CT molecular complexity index is 641. The van der Waals surface area contributed by atoms with Gasteiger partial charge in [0.25, 0.3) is 0 Å². The number of aromatic nitrogens is 3. The Morgan fingerprint density at radius 2 is 1.96 bits per heavy atom. The van der Waals surface area contributed by atoms with E-state index < -0.39 is 0 Å². The maximum Gasteiger partial charge on any atom is 0.155 e. The van der Waals surface area contributed by atoms with E-state index in [1.54, 1.807) is 6.20 Å². The molecule has 5 nitrogen and oxygen atoms in total. The molecule has 2 aromatic heterocycles. The second-order valence-corrected chi connectivity index (χ2v) is 7.63. The van der Waals surface area contributed by atoms with Crippen LogP contribution >= 0.6 is 0 Å². The molecule has 1 fully saturated rings. The van der Waals surface area contributed by atoms with Crippen molar-refractivity contribution < 1.29 is 0 Å². The van der Waals surface area contributed by atoms with E-state index in [9.17, 15) is 0 Å². The highest BCUT2D eigenvalue weighted by molar-refractivity contribution is 5.43. The molecule has 0 atom stereocenters. The van der Waals surface area contributed by atoms with Crippen LogP contribution in [0.1, 0.15) is 38.8 Å². The van der Waals surface area contributed by atoms with Crippen molar-refractivity contribution >= 4 is 5.82 Å². The Morgan fingerprint density at radius 3 is 2.67 bits per heavy atom. The fourth-order valence-electron chi connectivity index (χ4n) is 3.39. The molecule has 1 aliphatic heterocycles. The number of likely N-dealkylation sites (tertiary alicyclic amines) is 1. The van der Waals surface area contributed by atoms with Crippen LogP contribution in [0.15, 0.2) is 30.5 Å². The highest BCUT2D eigenvalue weighted by atomic mass is 15.4. The summed E-state index contributed by atoms with van der Waals surface area (Å²) < 4.78 is 1.90. The lowest BCUT2D eigenvalue weighted by molar-refractivity contribution is 0.160. The normalized spacial score (nSPS) is 16.3. The molecule has 3 rings (SSSR count). The van der Waals surface area contributed by atoms with Crippen molar-refractivity contribution in [3.63, 3.8) is 0 Å². The fourth-order valence-corrected chi connectivity index (χ4v) is 3.39. The predicted octanol–water partition coefficient (Wildman–Crippen LogP) is 3.50. The lowest BCUT2D eigenvalue weighted by Crippen LogP contribution is -2.41. The minimum Gasteiger partial charge on any atom is -0.369 e. The lowest BCUT2D eigenvalue weighted by atomic mass is 9.91. The van der Waals surface area contributed by atoms with Crippen molar-refractivity contribution in [1.82, 2.24) is 19.7 Å². The maximum atomic E-state index is 4.58. The molecule has 0 amide bonds. The zero-order valence-electron chi connectivity index (χ0n) is 15.1.